The van der Waals surface area contributed by atoms with E-state index in [-0.39, 0.29) is 0 Å². The summed E-state index contributed by atoms with van der Waals surface area (Å²) in [4.78, 5) is 0. The zero-order chi connectivity index (χ0) is 13.9. The number of hydrogen-bond acceptors (Lipinski definition) is 2. The van der Waals surface area contributed by atoms with E-state index < -0.39 is 8.56 Å². The Morgan fingerprint density at radius 3 is 2.37 bits per heavy atom. The van der Waals surface area contributed by atoms with Crippen LogP contribution in [0.2, 0.25) is 11.6 Å². The molecule has 2 rings (SSSR count). The lowest BCUT2D eigenvalue weighted by molar-refractivity contribution is 0.205. The molecule has 2 nitrogen and oxygen atoms in total. The second kappa shape index (κ2) is 6.73. The van der Waals surface area contributed by atoms with Crippen LogP contribution in [-0.4, -0.2) is 22.8 Å². The summed E-state index contributed by atoms with van der Waals surface area (Å²) in [5, 5.41) is 0. The molecule has 2 bridgehead atoms. The lowest BCUT2D eigenvalue weighted by Crippen LogP contribution is -2.48. The molecule has 112 valence electrons. The first-order valence-corrected chi connectivity index (χ1v) is 10.4. The van der Waals surface area contributed by atoms with E-state index >= 15 is 0 Å². The molecule has 0 aromatic carbocycles. The molecule has 2 fully saturated rings. The first kappa shape index (κ1) is 15.5. The summed E-state index contributed by atoms with van der Waals surface area (Å²) in [6.07, 6.45) is 9.71. The highest BCUT2D eigenvalue weighted by Crippen LogP contribution is 2.56. The van der Waals surface area contributed by atoms with Crippen molar-refractivity contribution in [1.82, 2.24) is 0 Å². The maximum absolute atomic E-state index is 6.09. The van der Waals surface area contributed by atoms with Gasteiger partial charge in [-0.1, -0.05) is 46.0 Å². The fourth-order valence-electron chi connectivity index (χ4n) is 4.63. The molecule has 4 unspecified atom stereocenters. The zero-order valence-corrected chi connectivity index (χ0v) is 14.3. The summed E-state index contributed by atoms with van der Waals surface area (Å²) in [7, 11) is 1.84. The smallest absolute Gasteiger partial charge is 0.341 e. The Bertz CT molecular complexity index is 278. The van der Waals surface area contributed by atoms with Gasteiger partial charge in [0.15, 0.2) is 0 Å². The minimum atomic E-state index is -1.98. The molecule has 2 saturated carbocycles. The van der Waals surface area contributed by atoms with E-state index in [2.05, 4.69) is 13.8 Å². The third kappa shape index (κ3) is 3.25. The molecule has 0 radical (unpaired) electrons. The van der Waals surface area contributed by atoms with Crippen molar-refractivity contribution in [3.63, 3.8) is 0 Å². The Morgan fingerprint density at radius 2 is 1.89 bits per heavy atom. The van der Waals surface area contributed by atoms with Crippen molar-refractivity contribution in [2.45, 2.75) is 70.4 Å². The summed E-state index contributed by atoms with van der Waals surface area (Å²) in [5.41, 5.74) is 0.769. The maximum Gasteiger partial charge on any atom is 0.341 e. The third-order valence-electron chi connectivity index (χ3n) is 5.68. The van der Waals surface area contributed by atoms with Crippen LogP contribution in [0.3, 0.4) is 0 Å². The van der Waals surface area contributed by atoms with Gasteiger partial charge in [-0.2, -0.15) is 0 Å². The van der Waals surface area contributed by atoms with Crippen molar-refractivity contribution in [3.05, 3.63) is 0 Å². The third-order valence-corrected chi connectivity index (χ3v) is 10.2. The van der Waals surface area contributed by atoms with E-state index in [0.717, 1.165) is 23.3 Å². The highest BCUT2D eigenvalue weighted by molar-refractivity contribution is 6.69. The predicted octanol–water partition coefficient (Wildman–Crippen LogP) is 4.74. The topological polar surface area (TPSA) is 18.5 Å². The number of hydrogen-bond donors (Lipinski definition) is 0. The van der Waals surface area contributed by atoms with E-state index in [1.54, 1.807) is 0 Å². The maximum atomic E-state index is 6.09. The van der Waals surface area contributed by atoms with E-state index in [9.17, 15) is 0 Å². The molecule has 0 amide bonds. The second-order valence-electron chi connectivity index (χ2n) is 6.95. The van der Waals surface area contributed by atoms with E-state index in [4.69, 9.17) is 8.85 Å². The molecule has 19 heavy (non-hydrogen) atoms. The fourth-order valence-corrected chi connectivity index (χ4v) is 8.93. The summed E-state index contributed by atoms with van der Waals surface area (Å²) in [6.45, 7) is 4.67. The van der Waals surface area contributed by atoms with Gasteiger partial charge >= 0.3 is 8.56 Å². The first-order chi connectivity index (χ1) is 9.15. The molecule has 2 aliphatic rings. The van der Waals surface area contributed by atoms with Crippen LogP contribution >= 0.6 is 0 Å². The summed E-state index contributed by atoms with van der Waals surface area (Å²) in [5.74, 6) is 2.65. The van der Waals surface area contributed by atoms with Crippen LogP contribution in [0, 0.1) is 17.8 Å². The highest BCUT2D eigenvalue weighted by Gasteiger charge is 2.54. The SMILES string of the molecule is CCCCC(C)C[Si](OC)(OC)C1CC2CCC1C2. The molecular weight excluding hydrogens is 252 g/mol. The Labute approximate surface area is 120 Å². The van der Waals surface area contributed by atoms with E-state index in [1.165, 1.54) is 51.0 Å². The fraction of sp³-hybridized carbons (Fsp3) is 1.00. The molecule has 3 heteroatoms. The highest BCUT2D eigenvalue weighted by atomic mass is 28.4. The molecule has 0 heterocycles. The van der Waals surface area contributed by atoms with Gasteiger partial charge < -0.3 is 8.85 Å². The van der Waals surface area contributed by atoms with Gasteiger partial charge in [-0.15, -0.1) is 0 Å². The van der Waals surface area contributed by atoms with E-state index in [1.807, 2.05) is 14.2 Å². The zero-order valence-electron chi connectivity index (χ0n) is 13.3. The molecule has 4 atom stereocenters. The van der Waals surface area contributed by atoms with Crippen molar-refractivity contribution in [2.75, 3.05) is 14.2 Å². The van der Waals surface area contributed by atoms with Gasteiger partial charge in [-0.25, -0.2) is 0 Å². The number of fused-ring (bicyclic) bond motifs is 2. The van der Waals surface area contributed by atoms with Crippen LogP contribution in [0.1, 0.15) is 58.8 Å². The summed E-state index contributed by atoms with van der Waals surface area (Å²) < 4.78 is 12.2. The standard InChI is InChI=1S/C16H32O2Si/c1-5-6-7-13(2)12-19(17-3,18-4)16-11-14-8-9-15(16)10-14/h13-16H,5-12H2,1-4H3. The molecule has 0 aromatic rings. The summed E-state index contributed by atoms with van der Waals surface area (Å²) >= 11 is 0. The van der Waals surface area contributed by atoms with Gasteiger partial charge in [0.25, 0.3) is 0 Å². The van der Waals surface area contributed by atoms with Crippen molar-refractivity contribution in [2.24, 2.45) is 17.8 Å². The Kier molecular flexibility index (Phi) is 5.50. The van der Waals surface area contributed by atoms with Crippen LogP contribution in [-0.2, 0) is 8.85 Å². The Balaban J connectivity index is 2.00. The van der Waals surface area contributed by atoms with Crippen LogP contribution in [0.5, 0.6) is 0 Å². The minimum absolute atomic E-state index is 0.755. The first-order valence-electron chi connectivity index (χ1n) is 8.25. The van der Waals surface area contributed by atoms with Gasteiger partial charge in [0.2, 0.25) is 0 Å². The second-order valence-corrected chi connectivity index (χ2v) is 10.5. The molecule has 0 spiro atoms. The van der Waals surface area contributed by atoms with Gasteiger partial charge in [0.05, 0.1) is 0 Å². The summed E-state index contributed by atoms with van der Waals surface area (Å²) in [6, 6.07) is 1.20. The number of rotatable bonds is 8. The Morgan fingerprint density at radius 1 is 1.16 bits per heavy atom. The van der Waals surface area contributed by atoms with Crippen LogP contribution in [0.15, 0.2) is 0 Å². The van der Waals surface area contributed by atoms with Crippen molar-refractivity contribution < 1.29 is 8.85 Å². The van der Waals surface area contributed by atoms with Gasteiger partial charge in [-0.05, 0) is 36.6 Å². The molecule has 2 aliphatic carbocycles. The predicted molar refractivity (Wildman–Crippen MR) is 82.5 cm³/mol. The molecule has 0 aliphatic heterocycles. The average Bonchev–Trinajstić information content (AvgIpc) is 3.05. The lowest BCUT2D eigenvalue weighted by atomic mass is 10.0. The minimum Gasteiger partial charge on any atom is -0.397 e. The molecule has 0 saturated heterocycles. The van der Waals surface area contributed by atoms with Crippen LogP contribution in [0.25, 0.3) is 0 Å². The van der Waals surface area contributed by atoms with Gasteiger partial charge in [0.1, 0.15) is 0 Å². The van der Waals surface area contributed by atoms with Gasteiger partial charge in [-0.3, -0.25) is 0 Å². The van der Waals surface area contributed by atoms with Crippen LogP contribution in [0.4, 0.5) is 0 Å². The van der Waals surface area contributed by atoms with Crippen molar-refractivity contribution in [1.29, 1.82) is 0 Å². The average molecular weight is 285 g/mol. The molecule has 0 aromatic heterocycles. The van der Waals surface area contributed by atoms with E-state index in [0.29, 0.717) is 0 Å². The van der Waals surface area contributed by atoms with Crippen molar-refractivity contribution in [3.8, 4) is 0 Å². The molecule has 0 N–H and O–H groups in total. The van der Waals surface area contributed by atoms with Crippen molar-refractivity contribution >= 4 is 8.56 Å². The van der Waals surface area contributed by atoms with Gasteiger partial charge in [0, 0.05) is 19.8 Å². The lowest BCUT2D eigenvalue weighted by Gasteiger charge is -2.39. The largest absolute Gasteiger partial charge is 0.397 e. The van der Waals surface area contributed by atoms with Crippen LogP contribution < -0.4 is 0 Å². The molecular formula is C16H32O2Si. The normalized spacial score (nSPS) is 31.9. The number of unbranched alkanes of at least 4 members (excludes halogenated alkanes) is 1. The Hall–Kier alpha value is 0.137. The quantitative estimate of drug-likeness (QED) is 0.599. The monoisotopic (exact) mass is 284 g/mol.